The van der Waals surface area contributed by atoms with Crippen molar-refractivity contribution in [1.29, 1.82) is 0 Å². The lowest BCUT2D eigenvalue weighted by Gasteiger charge is -2.29. The lowest BCUT2D eigenvalue weighted by atomic mass is 9.92. The van der Waals surface area contributed by atoms with Crippen LogP contribution in [0, 0.1) is 11.8 Å². The summed E-state index contributed by atoms with van der Waals surface area (Å²) >= 11 is 0. The van der Waals surface area contributed by atoms with Gasteiger partial charge in [0.05, 0.1) is 0 Å². The van der Waals surface area contributed by atoms with Crippen LogP contribution in [-0.2, 0) is 25.1 Å². The fraction of sp³-hybridized carbons (Fsp3) is 0.636. The molecule has 0 aliphatic carbocycles. The Kier molecular flexibility index (Phi) is 10.2. The SMILES string of the molecule is CC(C)C(NC(=O)CCc1ccccc1)P(=O)(O)OC(CCC1CCNCC1)C(=O)O. The Bertz CT molecular complexity index is 752. The molecule has 1 amide bonds. The molecule has 0 saturated carbocycles. The Morgan fingerprint density at radius 3 is 2.45 bits per heavy atom. The molecule has 1 heterocycles. The van der Waals surface area contributed by atoms with E-state index in [1.807, 2.05) is 30.3 Å². The average molecular weight is 455 g/mol. The Morgan fingerprint density at radius 2 is 1.87 bits per heavy atom. The number of benzene rings is 1. The predicted octanol–water partition coefficient (Wildman–Crippen LogP) is 3.15. The molecule has 0 spiro atoms. The maximum absolute atomic E-state index is 13.0. The van der Waals surface area contributed by atoms with E-state index in [-0.39, 0.29) is 18.7 Å². The van der Waals surface area contributed by atoms with Crippen molar-refractivity contribution in [2.24, 2.45) is 11.8 Å². The van der Waals surface area contributed by atoms with E-state index in [9.17, 15) is 24.2 Å². The van der Waals surface area contributed by atoms with Gasteiger partial charge in [0.2, 0.25) is 5.91 Å². The highest BCUT2D eigenvalue weighted by molar-refractivity contribution is 7.53. The third-order valence-electron chi connectivity index (χ3n) is 5.62. The molecule has 1 aliphatic rings. The van der Waals surface area contributed by atoms with Crippen LogP contribution in [0.4, 0.5) is 0 Å². The van der Waals surface area contributed by atoms with Crippen LogP contribution in [0.15, 0.2) is 30.3 Å². The summed E-state index contributed by atoms with van der Waals surface area (Å²) in [6.07, 6.45) is 1.97. The monoisotopic (exact) mass is 454 g/mol. The summed E-state index contributed by atoms with van der Waals surface area (Å²) in [5, 5.41) is 15.4. The summed E-state index contributed by atoms with van der Waals surface area (Å²) in [7, 11) is -4.41. The molecule has 3 atom stereocenters. The molecule has 8 nitrogen and oxygen atoms in total. The van der Waals surface area contributed by atoms with Crippen molar-refractivity contribution in [2.45, 2.75) is 64.3 Å². The molecule has 31 heavy (non-hydrogen) atoms. The van der Waals surface area contributed by atoms with Crippen molar-refractivity contribution >= 4 is 19.5 Å². The maximum Gasteiger partial charge on any atom is 0.351 e. The van der Waals surface area contributed by atoms with Gasteiger partial charge in [-0.3, -0.25) is 13.9 Å². The van der Waals surface area contributed by atoms with E-state index >= 15 is 0 Å². The molecule has 1 saturated heterocycles. The third-order valence-corrected chi connectivity index (χ3v) is 7.61. The zero-order valence-electron chi connectivity index (χ0n) is 18.3. The number of hydrogen-bond donors (Lipinski definition) is 4. The first-order chi connectivity index (χ1) is 14.7. The van der Waals surface area contributed by atoms with Gasteiger partial charge in [0.1, 0.15) is 5.78 Å². The van der Waals surface area contributed by atoms with E-state index < -0.39 is 31.4 Å². The highest BCUT2D eigenvalue weighted by Gasteiger charge is 2.40. The molecule has 0 aromatic heterocycles. The first-order valence-corrected chi connectivity index (χ1v) is 12.6. The lowest BCUT2D eigenvalue weighted by Crippen LogP contribution is -2.40. The van der Waals surface area contributed by atoms with Gasteiger partial charge in [-0.2, -0.15) is 0 Å². The Balaban J connectivity index is 1.95. The smallest absolute Gasteiger partial charge is 0.351 e. The molecule has 1 aliphatic heterocycles. The van der Waals surface area contributed by atoms with Gasteiger partial charge in [0.15, 0.2) is 6.10 Å². The van der Waals surface area contributed by atoms with Gasteiger partial charge < -0.3 is 20.6 Å². The van der Waals surface area contributed by atoms with Crippen LogP contribution in [0.25, 0.3) is 0 Å². The normalized spacial score (nSPS) is 18.8. The molecule has 9 heteroatoms. The minimum atomic E-state index is -4.41. The second-order valence-corrected chi connectivity index (χ2v) is 10.4. The van der Waals surface area contributed by atoms with Crippen molar-refractivity contribution in [1.82, 2.24) is 10.6 Å². The van der Waals surface area contributed by atoms with Gasteiger partial charge >= 0.3 is 13.6 Å². The average Bonchev–Trinajstić information content (AvgIpc) is 2.74. The lowest BCUT2D eigenvalue weighted by molar-refractivity contribution is -0.146. The number of aryl methyl sites for hydroxylation is 1. The van der Waals surface area contributed by atoms with Crippen LogP contribution in [-0.4, -0.2) is 46.9 Å². The number of amides is 1. The molecule has 1 fully saturated rings. The van der Waals surface area contributed by atoms with Crippen LogP contribution in [0.2, 0.25) is 0 Å². The van der Waals surface area contributed by atoms with Crippen LogP contribution < -0.4 is 10.6 Å². The Labute approximate surface area is 184 Å². The van der Waals surface area contributed by atoms with Crippen molar-refractivity contribution in [3.63, 3.8) is 0 Å². The van der Waals surface area contributed by atoms with E-state index in [0.717, 1.165) is 31.5 Å². The summed E-state index contributed by atoms with van der Waals surface area (Å²) in [6, 6.07) is 9.48. The van der Waals surface area contributed by atoms with E-state index in [0.29, 0.717) is 18.8 Å². The molecule has 0 bridgehead atoms. The summed E-state index contributed by atoms with van der Waals surface area (Å²) < 4.78 is 18.2. The minimum Gasteiger partial charge on any atom is -0.479 e. The van der Waals surface area contributed by atoms with Crippen molar-refractivity contribution in [3.8, 4) is 0 Å². The number of carbonyl (C=O) groups excluding carboxylic acids is 1. The summed E-state index contributed by atoms with van der Waals surface area (Å²) in [6.45, 7) is 5.18. The molecule has 0 radical (unpaired) electrons. The van der Waals surface area contributed by atoms with E-state index in [2.05, 4.69) is 10.6 Å². The van der Waals surface area contributed by atoms with Gasteiger partial charge in [0.25, 0.3) is 0 Å². The highest BCUT2D eigenvalue weighted by Crippen LogP contribution is 2.51. The molecular formula is C22H35N2O6P. The van der Waals surface area contributed by atoms with Gasteiger partial charge in [-0.15, -0.1) is 0 Å². The van der Waals surface area contributed by atoms with Gasteiger partial charge in [-0.1, -0.05) is 44.2 Å². The topological polar surface area (TPSA) is 125 Å². The van der Waals surface area contributed by atoms with E-state index in [4.69, 9.17) is 4.52 Å². The molecule has 2 rings (SSSR count). The first kappa shape index (κ1) is 25.5. The number of carboxylic acids is 1. The van der Waals surface area contributed by atoms with Gasteiger partial charge in [-0.25, -0.2) is 4.79 Å². The highest BCUT2D eigenvalue weighted by atomic mass is 31.2. The number of carbonyl (C=O) groups is 2. The van der Waals surface area contributed by atoms with Gasteiger partial charge in [0, 0.05) is 6.42 Å². The maximum atomic E-state index is 13.0. The minimum absolute atomic E-state index is 0.158. The predicted molar refractivity (Wildman–Crippen MR) is 119 cm³/mol. The number of nitrogens with one attached hydrogen (secondary N) is 2. The van der Waals surface area contributed by atoms with Crippen LogP contribution in [0.1, 0.15) is 51.5 Å². The zero-order chi connectivity index (χ0) is 22.9. The van der Waals surface area contributed by atoms with Crippen LogP contribution in [0.3, 0.4) is 0 Å². The van der Waals surface area contributed by atoms with Crippen molar-refractivity contribution in [3.05, 3.63) is 35.9 Å². The van der Waals surface area contributed by atoms with Crippen molar-refractivity contribution in [2.75, 3.05) is 13.1 Å². The fourth-order valence-corrected chi connectivity index (χ4v) is 5.54. The number of rotatable bonds is 12. The number of aliphatic carboxylic acids is 1. The van der Waals surface area contributed by atoms with Crippen LogP contribution >= 0.6 is 7.60 Å². The fourth-order valence-electron chi connectivity index (χ4n) is 3.79. The van der Waals surface area contributed by atoms with E-state index in [1.165, 1.54) is 0 Å². The molecule has 174 valence electrons. The molecule has 3 unspecified atom stereocenters. The first-order valence-electron chi connectivity index (χ1n) is 11.0. The summed E-state index contributed by atoms with van der Waals surface area (Å²) in [4.78, 5) is 34.7. The number of piperidine rings is 1. The summed E-state index contributed by atoms with van der Waals surface area (Å²) in [5.74, 6) is -2.83. The number of carboxylic acid groups (broad SMARTS) is 1. The quantitative estimate of drug-likeness (QED) is 0.358. The second kappa shape index (κ2) is 12.3. The second-order valence-electron chi connectivity index (χ2n) is 8.51. The zero-order valence-corrected chi connectivity index (χ0v) is 19.2. The van der Waals surface area contributed by atoms with Crippen molar-refractivity contribution < 1.29 is 28.7 Å². The Morgan fingerprint density at radius 1 is 1.23 bits per heavy atom. The Hall–Kier alpha value is -1.73. The summed E-state index contributed by atoms with van der Waals surface area (Å²) in [5.41, 5.74) is 0.992. The molecule has 4 N–H and O–H groups in total. The molecule has 1 aromatic carbocycles. The standard InChI is InChI=1S/C22H35N2O6P/c1-16(2)21(24-20(25)11-9-17-6-4-3-5-7-17)31(28,29)30-19(22(26)27)10-8-18-12-14-23-15-13-18/h3-7,16,18-19,21,23H,8-15H2,1-2H3,(H,24,25)(H,26,27)(H,28,29). The third kappa shape index (κ3) is 8.73. The van der Waals surface area contributed by atoms with Gasteiger partial charge in [-0.05, 0) is 62.6 Å². The largest absolute Gasteiger partial charge is 0.479 e. The van der Waals surface area contributed by atoms with Crippen LogP contribution in [0.5, 0.6) is 0 Å². The van der Waals surface area contributed by atoms with E-state index in [1.54, 1.807) is 13.8 Å². The molecular weight excluding hydrogens is 419 g/mol. The number of hydrogen-bond acceptors (Lipinski definition) is 5. The molecule has 1 aromatic rings.